The van der Waals surface area contributed by atoms with Crippen LogP contribution in [0.2, 0.25) is 5.02 Å². The minimum Gasteiger partial charge on any atom is -0.444 e. The first-order valence-corrected chi connectivity index (χ1v) is 20.6. The van der Waals surface area contributed by atoms with Crippen molar-refractivity contribution in [3.8, 4) is 0 Å². The van der Waals surface area contributed by atoms with E-state index in [4.69, 9.17) is 16.3 Å². The molecule has 17 nitrogen and oxygen atoms in total. The van der Waals surface area contributed by atoms with Crippen LogP contribution >= 0.6 is 27.5 Å². The van der Waals surface area contributed by atoms with Crippen molar-refractivity contribution in [3.63, 3.8) is 0 Å². The molecule has 2 aromatic carbocycles. The van der Waals surface area contributed by atoms with E-state index in [2.05, 4.69) is 51.6 Å². The Hall–Kier alpha value is -4.82. The number of carbonyl (C=O) groups is 5. The average Bonchev–Trinajstić information content (AvgIpc) is 3.61. The number of hydrogen-bond donors (Lipinski definition) is 4. The summed E-state index contributed by atoms with van der Waals surface area (Å²) in [5, 5.41) is 9.41. The Bertz CT molecular complexity index is 2030. The number of carbonyl (C=O) groups excluding carboxylic acids is 5. The van der Waals surface area contributed by atoms with Crippen molar-refractivity contribution < 1.29 is 32.9 Å². The summed E-state index contributed by atoms with van der Waals surface area (Å²) < 4.78 is 23.2. The third-order valence-corrected chi connectivity index (χ3v) is 12.1. The zero-order valence-corrected chi connectivity index (χ0v) is 34.1. The number of urea groups is 1. The summed E-state index contributed by atoms with van der Waals surface area (Å²) in [6.45, 7) is 2.87. The molecule has 0 saturated carbocycles. The second kappa shape index (κ2) is 19.6. The van der Waals surface area contributed by atoms with E-state index in [1.54, 1.807) is 12.1 Å². The Morgan fingerprint density at radius 2 is 1.82 bits per heavy atom. The first kappa shape index (κ1) is 41.8. The lowest BCUT2D eigenvalue weighted by Crippen LogP contribution is -2.53. The van der Waals surface area contributed by atoms with Crippen LogP contribution < -0.4 is 20.7 Å². The highest BCUT2D eigenvalue weighted by Crippen LogP contribution is 2.30. The molecule has 3 unspecified atom stereocenters. The van der Waals surface area contributed by atoms with Crippen LogP contribution in [0.3, 0.4) is 0 Å². The van der Waals surface area contributed by atoms with Gasteiger partial charge in [0.2, 0.25) is 17.6 Å². The lowest BCUT2D eigenvalue weighted by molar-refractivity contribution is -0.124. The van der Waals surface area contributed by atoms with Crippen molar-refractivity contribution in [2.45, 2.75) is 57.2 Å². The van der Waals surface area contributed by atoms with Crippen LogP contribution in [0.15, 0.2) is 58.3 Å². The molecule has 1 aromatic heterocycles. The number of Topliss-reactive ketones (excluding diaryl/α,β-unsaturated/α-hetero) is 1. The van der Waals surface area contributed by atoms with Gasteiger partial charge in [0.15, 0.2) is 17.3 Å². The maximum Gasteiger partial charge on any atom is 0.420 e. The fraction of sp³-hybridized carbons (Fsp3) is 0.405. The maximum absolute atomic E-state index is 13.2. The highest BCUT2D eigenvalue weighted by Gasteiger charge is 2.32. The molecule has 3 aromatic rings. The van der Waals surface area contributed by atoms with Crippen molar-refractivity contribution in [2.24, 2.45) is 4.99 Å². The third-order valence-electron chi connectivity index (χ3n) is 9.76. The normalized spacial score (nSPS) is 19.0. The number of ketones is 1. The van der Waals surface area contributed by atoms with E-state index in [0.717, 1.165) is 10.5 Å². The topological polar surface area (TPSA) is 208 Å². The van der Waals surface area contributed by atoms with Gasteiger partial charge in [0.25, 0.3) is 5.91 Å². The number of benzene rings is 2. The quantitative estimate of drug-likeness (QED) is 0.112. The lowest BCUT2D eigenvalue weighted by atomic mass is 9.96. The van der Waals surface area contributed by atoms with Gasteiger partial charge in [0.1, 0.15) is 6.10 Å². The molecule has 1 aliphatic carbocycles. The van der Waals surface area contributed by atoms with Crippen LogP contribution in [0, 0.1) is 6.92 Å². The van der Waals surface area contributed by atoms with E-state index in [9.17, 15) is 28.2 Å². The summed E-state index contributed by atoms with van der Waals surface area (Å²) in [6, 6.07) is 10.3. The molecule has 2 aliphatic heterocycles. The van der Waals surface area contributed by atoms with Crippen LogP contribution in [0.5, 0.6) is 0 Å². The van der Waals surface area contributed by atoms with Crippen LogP contribution in [0.1, 0.15) is 46.4 Å². The number of rotatable bonds is 13. The molecule has 3 heterocycles. The van der Waals surface area contributed by atoms with E-state index in [0.29, 0.717) is 53.8 Å². The van der Waals surface area contributed by atoms with E-state index >= 15 is 0 Å². The third kappa shape index (κ3) is 11.2. The number of nitrogens with zero attached hydrogens (tertiary/aromatic N) is 6. The molecule has 2 saturated heterocycles. The molecular formula is C37H42BrClN10O7S. The molecule has 4 N–H and O–H groups in total. The Morgan fingerprint density at radius 1 is 1.11 bits per heavy atom. The molecule has 0 spiro atoms. The van der Waals surface area contributed by atoms with Crippen molar-refractivity contribution in [1.82, 2.24) is 39.4 Å². The van der Waals surface area contributed by atoms with Crippen molar-refractivity contribution in [3.05, 3.63) is 80.7 Å². The summed E-state index contributed by atoms with van der Waals surface area (Å²) in [5.41, 5.74) is 3.73. The Labute approximate surface area is 345 Å². The highest BCUT2D eigenvalue weighted by atomic mass is 79.9. The number of amides is 5. The van der Waals surface area contributed by atoms with Crippen molar-refractivity contribution in [2.75, 3.05) is 44.6 Å². The second-order valence-electron chi connectivity index (χ2n) is 13.8. The van der Waals surface area contributed by atoms with E-state index in [1.165, 1.54) is 39.1 Å². The summed E-state index contributed by atoms with van der Waals surface area (Å²) >= 11 is 7.50. The number of aliphatic imine (C=N–C) groups is 1. The molecule has 302 valence electrons. The molecule has 57 heavy (non-hydrogen) atoms. The van der Waals surface area contributed by atoms with Gasteiger partial charge in [-0.25, -0.2) is 37.8 Å². The Balaban J connectivity index is 0.938. The number of aromatic nitrogens is 2. The van der Waals surface area contributed by atoms with Gasteiger partial charge in [0.05, 0.1) is 29.6 Å². The van der Waals surface area contributed by atoms with Gasteiger partial charge in [0, 0.05) is 55.5 Å². The van der Waals surface area contributed by atoms with Gasteiger partial charge in [-0.15, -0.1) is 0 Å². The zero-order valence-electron chi connectivity index (χ0n) is 31.0. The molecule has 3 atom stereocenters. The van der Waals surface area contributed by atoms with E-state index in [-0.39, 0.29) is 62.5 Å². The zero-order chi connectivity index (χ0) is 40.5. The summed E-state index contributed by atoms with van der Waals surface area (Å²) in [5.74, 6) is -0.702. The largest absolute Gasteiger partial charge is 0.444 e. The Kier molecular flexibility index (Phi) is 14.3. The van der Waals surface area contributed by atoms with Crippen molar-refractivity contribution in [1.29, 1.82) is 0 Å². The number of anilines is 1. The molecular weight excluding hydrogens is 844 g/mol. The number of nitrogens with one attached hydrogen (secondary N) is 4. The SMILES string of the molecule is Cc1cc(Cl)c(Br)cc1N=CN(C=O)CC(=O)CC1NCCCC1OC(=O)NS(=O)N1CCN(C(=O)Nc2nccnc2C(=O)NC2Cc3ccccc3C2)CC1. The fourth-order valence-corrected chi connectivity index (χ4v) is 8.21. The number of fused-ring (bicyclic) bond motifs is 1. The molecule has 0 bridgehead atoms. The van der Waals surface area contributed by atoms with Gasteiger partial charge < -0.3 is 20.3 Å². The number of aryl methyl sites for hydroxylation is 1. The van der Waals surface area contributed by atoms with Gasteiger partial charge in [-0.1, -0.05) is 35.9 Å². The number of hydrogen-bond acceptors (Lipinski definition) is 11. The summed E-state index contributed by atoms with van der Waals surface area (Å²) in [4.78, 5) is 79.2. The molecule has 2 fully saturated rings. The van der Waals surface area contributed by atoms with Gasteiger partial charge in [-0.2, -0.15) is 0 Å². The first-order chi connectivity index (χ1) is 27.5. The number of piperazine rings is 1. The minimum absolute atomic E-state index is 0.00429. The van der Waals surface area contributed by atoms with Crippen LogP contribution in [0.25, 0.3) is 0 Å². The predicted molar refractivity (Wildman–Crippen MR) is 216 cm³/mol. The molecule has 6 rings (SSSR count). The molecule has 20 heteroatoms. The van der Waals surface area contributed by atoms with Crippen molar-refractivity contribution >= 4 is 86.8 Å². The smallest absolute Gasteiger partial charge is 0.420 e. The van der Waals surface area contributed by atoms with Gasteiger partial charge >= 0.3 is 12.1 Å². The van der Waals surface area contributed by atoms with Crippen LogP contribution in [-0.4, -0.2) is 122 Å². The van der Waals surface area contributed by atoms with Crippen LogP contribution in [-0.2, 0) is 38.3 Å². The number of ether oxygens (including phenoxy) is 1. The molecule has 0 radical (unpaired) electrons. The van der Waals surface area contributed by atoms with Gasteiger partial charge in [-0.3, -0.25) is 24.6 Å². The number of piperidine rings is 1. The van der Waals surface area contributed by atoms with E-state index in [1.807, 2.05) is 31.2 Å². The second-order valence-corrected chi connectivity index (χ2v) is 16.2. The maximum atomic E-state index is 13.2. The monoisotopic (exact) mass is 884 g/mol. The first-order valence-electron chi connectivity index (χ1n) is 18.3. The standard InChI is InChI=1S/C37H42BrClN10O7S/c1-23-15-29(39)28(38)19-30(23)43-21-47(22-50)20-27(51)18-31-32(7-4-8-40-31)56-37(54)46-57(55)49-13-11-48(12-14-49)36(53)45-34-33(41-9-10-42-34)35(52)44-26-16-24-5-2-3-6-25(24)17-26/h2-3,5-6,9-10,15,19,21-22,26,31-32,40H,4,7-8,11-14,16-18,20H2,1H3,(H,44,52)(H,46,54)(H,42,45,53). The summed E-state index contributed by atoms with van der Waals surface area (Å²) in [6.07, 6.45) is 5.49. The molecule has 5 amide bonds. The van der Waals surface area contributed by atoms with E-state index < -0.39 is 41.3 Å². The fourth-order valence-electron chi connectivity index (χ4n) is 6.84. The molecule has 3 aliphatic rings. The van der Waals surface area contributed by atoms with Gasteiger partial charge in [-0.05, 0) is 83.9 Å². The van der Waals surface area contributed by atoms with Crippen LogP contribution in [0.4, 0.5) is 21.1 Å². The average molecular weight is 886 g/mol. The highest BCUT2D eigenvalue weighted by molar-refractivity contribution is 9.10. The minimum atomic E-state index is -1.97. The Morgan fingerprint density at radius 3 is 2.54 bits per heavy atom. The number of halogens is 2. The summed E-state index contributed by atoms with van der Waals surface area (Å²) in [7, 11) is 0. The predicted octanol–water partition coefficient (Wildman–Crippen LogP) is 3.45. The lowest BCUT2D eigenvalue weighted by Gasteiger charge is -2.34.